The maximum absolute atomic E-state index is 13.1. The molecule has 236 valence electrons. The molecule has 0 spiro atoms. The highest BCUT2D eigenvalue weighted by molar-refractivity contribution is 6.35. The molecule has 1 aliphatic rings. The second-order valence-corrected chi connectivity index (χ2v) is 10.5. The van der Waals surface area contributed by atoms with Gasteiger partial charge in [0.05, 0.1) is 20.8 Å². The number of carbonyl (C=O) groups excluding carboxylic acids is 2. The molecule has 44 heavy (non-hydrogen) atoms. The number of nitrogens with zero attached hydrogens (tertiary/aromatic N) is 1. The minimum atomic E-state index is -3.09. The molecule has 0 unspecified atom stereocenters. The Bertz CT molecular complexity index is 1470. The van der Waals surface area contributed by atoms with Crippen LogP contribution in [0.15, 0.2) is 48.8 Å². The van der Waals surface area contributed by atoms with Crippen LogP contribution in [0.4, 0.5) is 19.3 Å². The first-order valence-corrected chi connectivity index (χ1v) is 14.1. The molecule has 1 fully saturated rings. The molecule has 15 heteroatoms. The molecule has 11 nitrogen and oxygen atoms in total. The number of hydrogen-bond donors (Lipinski definition) is 2. The van der Waals surface area contributed by atoms with Gasteiger partial charge in [-0.3, -0.25) is 4.79 Å². The van der Waals surface area contributed by atoms with Crippen LogP contribution < -0.4 is 34.3 Å². The first-order chi connectivity index (χ1) is 21.1. The van der Waals surface area contributed by atoms with E-state index in [-0.39, 0.29) is 28.0 Å². The molecule has 1 heterocycles. The quantitative estimate of drug-likeness (QED) is 0.129. The van der Waals surface area contributed by atoms with Gasteiger partial charge in [0.25, 0.3) is 0 Å². The summed E-state index contributed by atoms with van der Waals surface area (Å²) in [5.74, 6) is 0.166. The Hall–Kier alpha value is -4.23. The molecule has 0 saturated heterocycles. The van der Waals surface area contributed by atoms with E-state index < -0.39 is 31.3 Å². The SMILES string of the molecule is COc1ccc(NC(=O)NCC(=O)O[C@@H](Cc2c(Cl)c[n+]([O-])cc2Cl)c2ccc(OC(F)F)c(OCC3CC3)c2)cc1OC. The first-order valence-electron chi connectivity index (χ1n) is 13.3. The number of ether oxygens (including phenoxy) is 5. The van der Waals surface area contributed by atoms with Crippen molar-refractivity contribution in [2.45, 2.75) is 32.0 Å². The Balaban J connectivity index is 1.51. The Morgan fingerprint density at radius 3 is 2.32 bits per heavy atom. The van der Waals surface area contributed by atoms with Crippen LogP contribution in [0.3, 0.4) is 0 Å². The predicted octanol–water partition coefficient (Wildman–Crippen LogP) is 5.68. The molecule has 2 N–H and O–H groups in total. The first kappa shape index (κ1) is 32.7. The Kier molecular flexibility index (Phi) is 11.1. The number of halogens is 4. The molecule has 0 aliphatic heterocycles. The van der Waals surface area contributed by atoms with Gasteiger partial charge in [-0.05, 0) is 48.6 Å². The van der Waals surface area contributed by atoms with Crippen molar-refractivity contribution in [2.75, 3.05) is 32.7 Å². The highest BCUT2D eigenvalue weighted by Gasteiger charge is 2.26. The molecule has 3 aromatic rings. The van der Waals surface area contributed by atoms with E-state index in [0.717, 1.165) is 25.2 Å². The van der Waals surface area contributed by atoms with Crippen molar-refractivity contribution in [2.24, 2.45) is 5.92 Å². The number of pyridine rings is 1. The predicted molar refractivity (Wildman–Crippen MR) is 156 cm³/mol. The van der Waals surface area contributed by atoms with Gasteiger partial charge in [-0.1, -0.05) is 29.3 Å². The number of anilines is 1. The standard InChI is InChI=1S/C29H29Cl2F2N3O8/c1-40-22-8-6-18(10-25(22)41-2)35-29(38)34-12-27(37)43-24(11-19-20(30)13-36(39)14-21(19)31)17-5-7-23(44-28(32)33)26(9-17)42-15-16-3-4-16/h5-10,13-14,16,24,28H,3-4,11-12,15H2,1-2H3,(H2,34,35,38)/t24-/m0/s1. The number of rotatable bonds is 14. The van der Waals surface area contributed by atoms with E-state index in [1.807, 2.05) is 0 Å². The van der Waals surface area contributed by atoms with Crippen molar-refractivity contribution in [1.29, 1.82) is 0 Å². The largest absolute Gasteiger partial charge is 0.619 e. The molecule has 1 aromatic heterocycles. The van der Waals surface area contributed by atoms with Gasteiger partial charge in [-0.25, -0.2) is 4.79 Å². The van der Waals surface area contributed by atoms with Crippen molar-refractivity contribution in [3.63, 3.8) is 0 Å². The van der Waals surface area contributed by atoms with Crippen LogP contribution >= 0.6 is 23.2 Å². The summed E-state index contributed by atoms with van der Waals surface area (Å²) < 4.78 is 53.0. The van der Waals surface area contributed by atoms with E-state index in [0.29, 0.717) is 45.6 Å². The highest BCUT2D eigenvalue weighted by Crippen LogP contribution is 2.38. The van der Waals surface area contributed by atoms with Gasteiger partial charge in [-0.2, -0.15) is 13.5 Å². The summed E-state index contributed by atoms with van der Waals surface area (Å²) >= 11 is 12.5. The summed E-state index contributed by atoms with van der Waals surface area (Å²) in [6, 6.07) is 8.14. The van der Waals surface area contributed by atoms with E-state index in [4.69, 9.17) is 42.1 Å². The maximum atomic E-state index is 13.1. The van der Waals surface area contributed by atoms with E-state index in [1.165, 1.54) is 38.5 Å². The van der Waals surface area contributed by atoms with Gasteiger partial charge in [0.15, 0.2) is 35.4 Å². The van der Waals surface area contributed by atoms with E-state index in [2.05, 4.69) is 15.4 Å². The molecule has 4 rings (SSSR count). The van der Waals surface area contributed by atoms with Crippen LogP contribution in [0.2, 0.25) is 10.0 Å². The van der Waals surface area contributed by atoms with Crippen LogP contribution in [0.25, 0.3) is 0 Å². The van der Waals surface area contributed by atoms with Crippen molar-refractivity contribution in [1.82, 2.24) is 5.32 Å². The summed E-state index contributed by atoms with van der Waals surface area (Å²) in [5.41, 5.74) is 1.01. The molecular formula is C29H29Cl2F2N3O8. The molecule has 2 amide bonds. The van der Waals surface area contributed by atoms with Crippen LogP contribution in [-0.4, -0.2) is 46.0 Å². The minimum absolute atomic E-state index is 0.0174. The summed E-state index contributed by atoms with van der Waals surface area (Å²) in [6.45, 7) is -3.33. The monoisotopic (exact) mass is 655 g/mol. The average Bonchev–Trinajstić information content (AvgIpc) is 3.81. The lowest BCUT2D eigenvalue weighted by Crippen LogP contribution is -2.34. The van der Waals surface area contributed by atoms with Gasteiger partial charge < -0.3 is 39.5 Å². The van der Waals surface area contributed by atoms with E-state index >= 15 is 0 Å². The summed E-state index contributed by atoms with van der Waals surface area (Å²) in [6.07, 6.45) is 2.92. The van der Waals surface area contributed by atoms with Gasteiger partial charge >= 0.3 is 18.6 Å². The molecule has 1 atom stereocenters. The summed E-state index contributed by atoms with van der Waals surface area (Å²) in [5, 5.41) is 16.8. The van der Waals surface area contributed by atoms with Gasteiger partial charge in [-0.15, -0.1) is 0 Å². The molecule has 0 bridgehead atoms. The number of urea groups is 1. The molecule has 1 saturated carbocycles. The smallest absolute Gasteiger partial charge is 0.387 e. The average molecular weight is 656 g/mol. The zero-order valence-electron chi connectivity index (χ0n) is 23.6. The zero-order chi connectivity index (χ0) is 31.8. The third kappa shape index (κ3) is 9.13. The molecular weight excluding hydrogens is 627 g/mol. The zero-order valence-corrected chi connectivity index (χ0v) is 25.1. The Morgan fingerprint density at radius 2 is 1.68 bits per heavy atom. The van der Waals surface area contributed by atoms with Crippen LogP contribution in [0, 0.1) is 11.1 Å². The lowest BCUT2D eigenvalue weighted by molar-refractivity contribution is -0.605. The Labute approximate surface area is 261 Å². The number of benzene rings is 2. The molecule has 2 aromatic carbocycles. The number of alkyl halides is 2. The third-order valence-corrected chi connectivity index (χ3v) is 7.13. The van der Waals surface area contributed by atoms with Crippen molar-refractivity contribution in [3.8, 4) is 23.0 Å². The van der Waals surface area contributed by atoms with Crippen LogP contribution in [-0.2, 0) is 16.0 Å². The van der Waals surface area contributed by atoms with Crippen molar-refractivity contribution >= 4 is 40.9 Å². The lowest BCUT2D eigenvalue weighted by Gasteiger charge is -2.21. The van der Waals surface area contributed by atoms with Crippen molar-refractivity contribution < 1.29 is 46.8 Å². The highest BCUT2D eigenvalue weighted by atomic mass is 35.5. The minimum Gasteiger partial charge on any atom is -0.619 e. The fraction of sp³-hybridized carbons (Fsp3) is 0.345. The lowest BCUT2D eigenvalue weighted by atomic mass is 10.0. The number of amides is 2. The number of hydrogen-bond acceptors (Lipinski definition) is 8. The number of aromatic nitrogens is 1. The van der Waals surface area contributed by atoms with E-state index in [1.54, 1.807) is 12.1 Å². The van der Waals surface area contributed by atoms with E-state index in [9.17, 15) is 23.6 Å². The van der Waals surface area contributed by atoms with Gasteiger partial charge in [0.1, 0.15) is 22.7 Å². The van der Waals surface area contributed by atoms with Crippen molar-refractivity contribution in [3.05, 3.63) is 75.2 Å². The topological polar surface area (TPSA) is 131 Å². The fourth-order valence-electron chi connectivity index (χ4n) is 4.10. The maximum Gasteiger partial charge on any atom is 0.387 e. The van der Waals surface area contributed by atoms with Crippen LogP contribution in [0.1, 0.15) is 30.1 Å². The number of carbonyl (C=O) groups is 2. The van der Waals surface area contributed by atoms with Gasteiger partial charge in [0, 0.05) is 23.7 Å². The normalized spacial score (nSPS) is 13.2. The Morgan fingerprint density at radius 1 is 1.00 bits per heavy atom. The molecule has 0 radical (unpaired) electrons. The second kappa shape index (κ2) is 15.0. The number of esters is 1. The summed E-state index contributed by atoms with van der Waals surface area (Å²) in [4.78, 5) is 25.4. The second-order valence-electron chi connectivity index (χ2n) is 9.69. The number of methoxy groups -OCH3 is 2. The number of nitrogens with one attached hydrogen (secondary N) is 2. The van der Waals surface area contributed by atoms with Gasteiger partial charge in [0.2, 0.25) is 0 Å². The van der Waals surface area contributed by atoms with Crippen LogP contribution in [0.5, 0.6) is 23.0 Å². The third-order valence-electron chi connectivity index (χ3n) is 6.48. The summed E-state index contributed by atoms with van der Waals surface area (Å²) in [7, 11) is 2.92. The fourth-order valence-corrected chi connectivity index (χ4v) is 4.70. The molecule has 1 aliphatic carbocycles.